The third-order valence-electron chi connectivity index (χ3n) is 4.20. The molecule has 1 saturated heterocycles. The number of hydrogen-bond acceptors (Lipinski definition) is 3. The predicted molar refractivity (Wildman–Crippen MR) is 78.1 cm³/mol. The van der Waals surface area contributed by atoms with E-state index in [9.17, 15) is 0 Å². The van der Waals surface area contributed by atoms with Crippen molar-refractivity contribution < 1.29 is 0 Å². The van der Waals surface area contributed by atoms with Gasteiger partial charge in [0.15, 0.2) is 0 Å². The number of rotatable bonds is 3. The maximum Gasteiger partial charge on any atom is 0.0843 e. The van der Waals surface area contributed by atoms with Crippen molar-refractivity contribution in [3.63, 3.8) is 0 Å². The molecule has 0 aliphatic carbocycles. The lowest BCUT2D eigenvalue weighted by atomic mass is 10.0. The topological polar surface area (TPSA) is 33.1 Å². The molecule has 0 unspecified atom stereocenters. The molecule has 19 heavy (non-hydrogen) atoms. The number of nitrogens with one attached hydrogen (secondary N) is 1. The summed E-state index contributed by atoms with van der Waals surface area (Å²) in [5, 5.41) is 9.35. The zero-order valence-corrected chi connectivity index (χ0v) is 11.8. The van der Waals surface area contributed by atoms with Crippen LogP contribution in [0.4, 0.5) is 0 Å². The van der Waals surface area contributed by atoms with Crippen LogP contribution in [0.3, 0.4) is 0 Å². The molecule has 4 heteroatoms. The van der Waals surface area contributed by atoms with Gasteiger partial charge in [0, 0.05) is 38.1 Å². The molecule has 1 N–H and O–H groups in total. The molecule has 2 heterocycles. The van der Waals surface area contributed by atoms with Crippen LogP contribution < -0.4 is 5.32 Å². The quantitative estimate of drug-likeness (QED) is 0.910. The predicted octanol–water partition coefficient (Wildman–Crippen LogP) is 1.76. The lowest BCUT2D eigenvalue weighted by molar-refractivity contribution is 0.193. The number of benzene rings is 1. The Hall–Kier alpha value is -1.39. The van der Waals surface area contributed by atoms with Crippen molar-refractivity contribution in [3.8, 4) is 0 Å². The largest absolute Gasteiger partial charge is 0.317 e. The Morgan fingerprint density at radius 1 is 1.26 bits per heavy atom. The number of piperidine rings is 1. The molecule has 1 aromatic heterocycles. The average molecular weight is 258 g/mol. The van der Waals surface area contributed by atoms with Gasteiger partial charge in [-0.1, -0.05) is 18.2 Å². The Kier molecular flexibility index (Phi) is 3.53. The SMILES string of the molecule is CNC1CCN(Cc2nn(C)c3ccccc23)CC1. The second kappa shape index (κ2) is 5.31. The van der Waals surface area contributed by atoms with E-state index >= 15 is 0 Å². The highest BCUT2D eigenvalue weighted by Gasteiger charge is 2.19. The summed E-state index contributed by atoms with van der Waals surface area (Å²) in [5.74, 6) is 0. The summed E-state index contributed by atoms with van der Waals surface area (Å²) in [7, 11) is 4.09. The van der Waals surface area contributed by atoms with E-state index in [1.165, 1.54) is 29.4 Å². The highest BCUT2D eigenvalue weighted by molar-refractivity contribution is 5.81. The van der Waals surface area contributed by atoms with E-state index in [0.29, 0.717) is 6.04 Å². The van der Waals surface area contributed by atoms with Gasteiger partial charge in [-0.05, 0) is 26.0 Å². The first kappa shape index (κ1) is 12.6. The zero-order valence-electron chi connectivity index (χ0n) is 11.8. The van der Waals surface area contributed by atoms with Crippen molar-refractivity contribution >= 4 is 10.9 Å². The van der Waals surface area contributed by atoms with Crippen molar-refractivity contribution in [2.75, 3.05) is 20.1 Å². The van der Waals surface area contributed by atoms with Crippen LogP contribution in [0.15, 0.2) is 24.3 Å². The lowest BCUT2D eigenvalue weighted by Gasteiger charge is -2.31. The lowest BCUT2D eigenvalue weighted by Crippen LogP contribution is -2.40. The highest BCUT2D eigenvalue weighted by Crippen LogP contribution is 2.20. The molecule has 2 aromatic rings. The Morgan fingerprint density at radius 2 is 2.00 bits per heavy atom. The number of fused-ring (bicyclic) bond motifs is 1. The van der Waals surface area contributed by atoms with E-state index in [1.807, 2.05) is 11.7 Å². The fraction of sp³-hybridized carbons (Fsp3) is 0.533. The molecule has 0 radical (unpaired) electrons. The number of aryl methyl sites for hydroxylation is 1. The Bertz CT molecular complexity index is 552. The van der Waals surface area contributed by atoms with E-state index < -0.39 is 0 Å². The second-order valence-corrected chi connectivity index (χ2v) is 5.43. The summed E-state index contributed by atoms with van der Waals surface area (Å²) in [5.41, 5.74) is 2.43. The van der Waals surface area contributed by atoms with Gasteiger partial charge in [-0.2, -0.15) is 5.10 Å². The first-order valence-electron chi connectivity index (χ1n) is 7.08. The summed E-state index contributed by atoms with van der Waals surface area (Å²) < 4.78 is 1.99. The van der Waals surface area contributed by atoms with E-state index in [2.05, 4.69) is 46.6 Å². The second-order valence-electron chi connectivity index (χ2n) is 5.43. The molecule has 0 atom stereocenters. The Balaban J connectivity index is 1.75. The fourth-order valence-electron chi connectivity index (χ4n) is 3.00. The summed E-state index contributed by atoms with van der Waals surface area (Å²) >= 11 is 0. The highest BCUT2D eigenvalue weighted by atomic mass is 15.3. The van der Waals surface area contributed by atoms with E-state index in [0.717, 1.165) is 19.6 Å². The van der Waals surface area contributed by atoms with Gasteiger partial charge in [-0.3, -0.25) is 9.58 Å². The molecule has 1 aliphatic heterocycles. The van der Waals surface area contributed by atoms with Crippen LogP contribution in [0.1, 0.15) is 18.5 Å². The Labute approximate surface area is 114 Å². The summed E-state index contributed by atoms with van der Waals surface area (Å²) in [6, 6.07) is 9.18. The molecule has 4 nitrogen and oxygen atoms in total. The standard InChI is InChI=1S/C15H22N4/c1-16-12-7-9-19(10-8-12)11-14-13-5-3-4-6-15(13)18(2)17-14/h3-6,12,16H,7-11H2,1-2H3. The van der Waals surface area contributed by atoms with Crippen LogP contribution in [0.25, 0.3) is 10.9 Å². The van der Waals surface area contributed by atoms with Crippen molar-refractivity contribution in [3.05, 3.63) is 30.0 Å². The maximum absolute atomic E-state index is 4.68. The van der Waals surface area contributed by atoms with Crippen LogP contribution in [-0.4, -0.2) is 40.9 Å². The minimum absolute atomic E-state index is 0.691. The van der Waals surface area contributed by atoms with E-state index in [4.69, 9.17) is 0 Å². The first-order valence-corrected chi connectivity index (χ1v) is 7.08. The van der Waals surface area contributed by atoms with Crippen molar-refractivity contribution in [2.45, 2.75) is 25.4 Å². The summed E-state index contributed by atoms with van der Waals surface area (Å²) in [6.45, 7) is 3.30. The maximum atomic E-state index is 4.68. The molecule has 102 valence electrons. The van der Waals surface area contributed by atoms with Gasteiger partial charge in [0.2, 0.25) is 0 Å². The molecule has 1 fully saturated rings. The Morgan fingerprint density at radius 3 is 2.74 bits per heavy atom. The number of likely N-dealkylation sites (tertiary alicyclic amines) is 1. The molecule has 3 rings (SSSR count). The van der Waals surface area contributed by atoms with Crippen molar-refractivity contribution in [1.29, 1.82) is 0 Å². The first-order chi connectivity index (χ1) is 9.28. The van der Waals surface area contributed by atoms with Crippen LogP contribution >= 0.6 is 0 Å². The van der Waals surface area contributed by atoms with Crippen LogP contribution in [0.5, 0.6) is 0 Å². The number of nitrogens with zero attached hydrogens (tertiary/aromatic N) is 3. The van der Waals surface area contributed by atoms with Gasteiger partial charge < -0.3 is 5.32 Å². The molecular weight excluding hydrogens is 236 g/mol. The van der Waals surface area contributed by atoms with Crippen LogP contribution in [0, 0.1) is 0 Å². The summed E-state index contributed by atoms with van der Waals surface area (Å²) in [6.07, 6.45) is 2.47. The van der Waals surface area contributed by atoms with E-state index in [1.54, 1.807) is 0 Å². The van der Waals surface area contributed by atoms with Gasteiger partial charge in [-0.15, -0.1) is 0 Å². The van der Waals surface area contributed by atoms with Crippen LogP contribution in [0.2, 0.25) is 0 Å². The minimum atomic E-state index is 0.691. The molecule has 0 bridgehead atoms. The molecule has 1 aromatic carbocycles. The third kappa shape index (κ3) is 2.51. The molecular formula is C15H22N4. The van der Waals surface area contributed by atoms with Gasteiger partial charge >= 0.3 is 0 Å². The monoisotopic (exact) mass is 258 g/mol. The zero-order chi connectivity index (χ0) is 13.2. The molecule has 0 saturated carbocycles. The molecule has 0 spiro atoms. The van der Waals surface area contributed by atoms with Gasteiger partial charge in [0.05, 0.1) is 11.2 Å². The fourth-order valence-corrected chi connectivity index (χ4v) is 3.00. The number of aromatic nitrogens is 2. The third-order valence-corrected chi connectivity index (χ3v) is 4.20. The van der Waals surface area contributed by atoms with E-state index in [-0.39, 0.29) is 0 Å². The number of hydrogen-bond donors (Lipinski definition) is 1. The normalized spacial score (nSPS) is 18.2. The molecule has 0 amide bonds. The minimum Gasteiger partial charge on any atom is -0.317 e. The van der Waals surface area contributed by atoms with Gasteiger partial charge in [-0.25, -0.2) is 0 Å². The number of para-hydroxylation sites is 1. The van der Waals surface area contributed by atoms with Crippen molar-refractivity contribution in [1.82, 2.24) is 20.0 Å². The smallest absolute Gasteiger partial charge is 0.0843 e. The molecule has 1 aliphatic rings. The average Bonchev–Trinajstić information content (AvgIpc) is 2.77. The van der Waals surface area contributed by atoms with Gasteiger partial charge in [0.1, 0.15) is 0 Å². The van der Waals surface area contributed by atoms with Gasteiger partial charge in [0.25, 0.3) is 0 Å². The van der Waals surface area contributed by atoms with Crippen molar-refractivity contribution in [2.24, 2.45) is 7.05 Å². The van der Waals surface area contributed by atoms with Crippen LogP contribution in [-0.2, 0) is 13.6 Å². The summed E-state index contributed by atoms with van der Waals surface area (Å²) in [4.78, 5) is 2.52.